The normalized spacial score (nSPS) is 21.7. The highest BCUT2D eigenvalue weighted by Crippen LogP contribution is 2.31. The minimum atomic E-state index is -4.68. The first-order chi connectivity index (χ1) is 22.2. The van der Waals surface area contributed by atoms with Crippen LogP contribution in [0.4, 0.5) is 18.9 Å². The van der Waals surface area contributed by atoms with Crippen LogP contribution >= 0.6 is 0 Å². The first-order valence-electron chi connectivity index (χ1n) is 17.1. The van der Waals surface area contributed by atoms with Crippen LogP contribution in [0.2, 0.25) is 0 Å². The van der Waals surface area contributed by atoms with E-state index in [1.54, 1.807) is 12.1 Å². The highest BCUT2D eigenvalue weighted by atomic mass is 19.4. The molecule has 0 aromatic heterocycles. The molecule has 0 atom stereocenters. The van der Waals surface area contributed by atoms with Crippen LogP contribution < -0.4 is 9.64 Å². The average molecular weight is 654 g/mol. The lowest BCUT2D eigenvalue weighted by Gasteiger charge is -2.47. The van der Waals surface area contributed by atoms with E-state index < -0.39 is 6.36 Å². The summed E-state index contributed by atoms with van der Waals surface area (Å²) in [5.74, 6) is 0.130. The third kappa shape index (κ3) is 11.9. The molecule has 8 nitrogen and oxygen atoms in total. The summed E-state index contributed by atoms with van der Waals surface area (Å²) in [4.78, 5) is 17.4. The number of allylic oxidation sites excluding steroid dienone is 2. The minimum Gasteiger partial charge on any atom is -0.406 e. The molecule has 0 radical (unpaired) electrons. The topological polar surface area (TPSA) is 63.7 Å². The molecular weight excluding hydrogens is 599 g/mol. The number of hydrogen-bond donors (Lipinski definition) is 0. The van der Waals surface area contributed by atoms with E-state index in [0.717, 1.165) is 76.5 Å². The number of likely N-dealkylation sites (tertiary alicyclic amines) is 2. The van der Waals surface area contributed by atoms with Crippen molar-refractivity contribution in [2.45, 2.75) is 97.8 Å². The lowest BCUT2D eigenvalue weighted by atomic mass is 10.0. The fraction of sp³-hybridized carbons (Fsp3) is 0.686. The molecule has 0 saturated carbocycles. The molecule has 0 N–H and O–H groups in total. The molecule has 0 amide bonds. The van der Waals surface area contributed by atoms with Crippen molar-refractivity contribution < 1.29 is 36.9 Å². The Morgan fingerprint density at radius 3 is 1.93 bits per heavy atom. The Balaban J connectivity index is 0.000000452. The van der Waals surface area contributed by atoms with E-state index >= 15 is 0 Å². The molecule has 1 aromatic rings. The minimum absolute atomic E-state index is 0.209. The van der Waals surface area contributed by atoms with Gasteiger partial charge < -0.3 is 28.7 Å². The molecule has 4 saturated heterocycles. The number of anilines is 1. The summed E-state index contributed by atoms with van der Waals surface area (Å²) in [5.41, 5.74) is 3.11. The van der Waals surface area contributed by atoms with Crippen molar-refractivity contribution in [3.63, 3.8) is 0 Å². The standard InChI is InChI=1S/C26H34F3N3O3.C5H8O2.2C2H6/c1-19-16-22(6-13-32(19)21-2-4-24(5-3-21)35-26(27,28)29)30-11-7-23(8-12-30)34-25-17-31(18-25)20-9-14-33-15-10-20;6-5-1-3-7-4-2-5;2*1-2/h2-6,16,20,23,25H,7-15,17-18H2,1H3;1-4H2;2*1-2H3. The number of halogens is 3. The van der Waals surface area contributed by atoms with Gasteiger partial charge >= 0.3 is 6.36 Å². The van der Waals surface area contributed by atoms with Crippen LogP contribution in [0.3, 0.4) is 0 Å². The van der Waals surface area contributed by atoms with Crippen LogP contribution in [-0.4, -0.2) is 99.3 Å². The second kappa shape index (κ2) is 19.3. The molecule has 0 bridgehead atoms. The van der Waals surface area contributed by atoms with Gasteiger partial charge in [0.05, 0.1) is 25.4 Å². The Labute approximate surface area is 273 Å². The van der Waals surface area contributed by atoms with Gasteiger partial charge in [-0.1, -0.05) is 27.7 Å². The van der Waals surface area contributed by atoms with E-state index in [1.165, 1.54) is 17.8 Å². The Kier molecular flexibility index (Phi) is 15.9. The Morgan fingerprint density at radius 1 is 0.826 bits per heavy atom. The lowest BCUT2D eigenvalue weighted by molar-refractivity contribution is -0.274. The van der Waals surface area contributed by atoms with Gasteiger partial charge in [-0.05, 0) is 69.0 Å². The number of ether oxygens (including phenoxy) is 4. The Morgan fingerprint density at radius 2 is 1.41 bits per heavy atom. The van der Waals surface area contributed by atoms with Gasteiger partial charge in [0, 0.05) is 81.9 Å². The maximum atomic E-state index is 12.4. The van der Waals surface area contributed by atoms with Gasteiger partial charge in [0.2, 0.25) is 0 Å². The first-order valence-corrected chi connectivity index (χ1v) is 17.1. The molecule has 4 fully saturated rings. The van der Waals surface area contributed by atoms with Crippen molar-refractivity contribution in [3.8, 4) is 5.75 Å². The molecule has 11 heteroatoms. The zero-order valence-electron chi connectivity index (χ0n) is 28.3. The number of alkyl halides is 3. The van der Waals surface area contributed by atoms with E-state index in [-0.39, 0.29) is 5.75 Å². The molecule has 260 valence electrons. The van der Waals surface area contributed by atoms with Gasteiger partial charge in [0.15, 0.2) is 0 Å². The predicted octanol–water partition coefficient (Wildman–Crippen LogP) is 6.96. The van der Waals surface area contributed by atoms with Gasteiger partial charge in [0.1, 0.15) is 11.5 Å². The van der Waals surface area contributed by atoms with E-state index in [2.05, 4.69) is 31.6 Å². The van der Waals surface area contributed by atoms with Crippen LogP contribution in [0, 0.1) is 0 Å². The zero-order valence-corrected chi connectivity index (χ0v) is 28.3. The summed E-state index contributed by atoms with van der Waals surface area (Å²) in [7, 11) is 0. The summed E-state index contributed by atoms with van der Waals surface area (Å²) in [5, 5.41) is 0. The molecule has 5 aliphatic rings. The summed E-state index contributed by atoms with van der Waals surface area (Å²) in [6.07, 6.45) is 5.95. The third-order valence-electron chi connectivity index (χ3n) is 8.47. The maximum absolute atomic E-state index is 12.4. The Hall–Kier alpha value is -2.60. The number of ketones is 1. The first kappa shape index (κ1) is 37.9. The van der Waals surface area contributed by atoms with Gasteiger partial charge in [-0.3, -0.25) is 9.69 Å². The Bertz CT molecular complexity index is 1080. The van der Waals surface area contributed by atoms with E-state index in [1.807, 2.05) is 34.6 Å². The summed E-state index contributed by atoms with van der Waals surface area (Å²) in [6, 6.07) is 6.69. The highest BCUT2D eigenvalue weighted by molar-refractivity contribution is 5.79. The predicted molar refractivity (Wildman–Crippen MR) is 175 cm³/mol. The van der Waals surface area contributed by atoms with Crippen LogP contribution in [0.15, 0.2) is 47.8 Å². The van der Waals surface area contributed by atoms with Crippen molar-refractivity contribution in [2.24, 2.45) is 0 Å². The number of hydrogen-bond acceptors (Lipinski definition) is 8. The molecular formula is C35H54F3N3O5. The molecule has 0 unspecified atom stereocenters. The van der Waals surface area contributed by atoms with E-state index in [9.17, 15) is 18.0 Å². The van der Waals surface area contributed by atoms with E-state index in [0.29, 0.717) is 56.6 Å². The van der Waals surface area contributed by atoms with Crippen molar-refractivity contribution in [3.05, 3.63) is 47.8 Å². The number of rotatable bonds is 6. The number of Topliss-reactive ketones (excluding diaryl/α,β-unsaturated/α-hetero) is 1. The lowest BCUT2D eigenvalue weighted by Crippen LogP contribution is -2.58. The number of nitrogens with zero attached hydrogens (tertiary/aromatic N) is 3. The quantitative estimate of drug-likeness (QED) is 0.327. The van der Waals surface area contributed by atoms with Crippen molar-refractivity contribution in [1.82, 2.24) is 9.80 Å². The molecule has 6 rings (SSSR count). The number of piperidine rings is 1. The number of carbonyl (C=O) groups is 1. The van der Waals surface area contributed by atoms with Crippen LogP contribution in [0.1, 0.15) is 73.1 Å². The third-order valence-corrected chi connectivity index (χ3v) is 8.47. The number of benzene rings is 1. The largest absolute Gasteiger partial charge is 0.573 e. The molecule has 1 aromatic carbocycles. The van der Waals surface area contributed by atoms with Gasteiger partial charge in [0.25, 0.3) is 0 Å². The molecule has 5 heterocycles. The van der Waals surface area contributed by atoms with Gasteiger partial charge in [-0.15, -0.1) is 13.2 Å². The molecule has 0 spiro atoms. The smallest absolute Gasteiger partial charge is 0.406 e. The van der Waals surface area contributed by atoms with Crippen molar-refractivity contribution in [2.75, 3.05) is 64.1 Å². The van der Waals surface area contributed by atoms with Crippen LogP contribution in [-0.2, 0) is 19.0 Å². The fourth-order valence-corrected chi connectivity index (χ4v) is 6.06. The van der Waals surface area contributed by atoms with Gasteiger partial charge in [-0.25, -0.2) is 0 Å². The summed E-state index contributed by atoms with van der Waals surface area (Å²) < 4.78 is 58.0. The monoisotopic (exact) mass is 653 g/mol. The fourth-order valence-electron chi connectivity index (χ4n) is 6.06. The van der Waals surface area contributed by atoms with Crippen molar-refractivity contribution in [1.29, 1.82) is 0 Å². The van der Waals surface area contributed by atoms with Crippen LogP contribution in [0.25, 0.3) is 0 Å². The molecule has 0 aliphatic carbocycles. The van der Waals surface area contributed by atoms with E-state index in [4.69, 9.17) is 14.2 Å². The average Bonchev–Trinajstić information content (AvgIpc) is 3.05. The summed E-state index contributed by atoms with van der Waals surface area (Å²) >= 11 is 0. The van der Waals surface area contributed by atoms with Gasteiger partial charge in [-0.2, -0.15) is 0 Å². The second-order valence-corrected chi connectivity index (χ2v) is 11.5. The number of carbonyl (C=O) groups excluding carboxylic acids is 1. The zero-order chi connectivity index (χ0) is 33.5. The van der Waals surface area contributed by atoms with Crippen LogP contribution in [0.5, 0.6) is 5.75 Å². The maximum Gasteiger partial charge on any atom is 0.573 e. The molecule has 5 aliphatic heterocycles. The second-order valence-electron chi connectivity index (χ2n) is 11.5. The SMILES string of the molecule is CC.CC.CC1=CC(N2CCC(OC3CN(C4CCOCC4)C3)CC2)=CCN1c1ccc(OC(F)(F)F)cc1.O=C1CCOCC1. The molecule has 46 heavy (non-hydrogen) atoms. The highest BCUT2D eigenvalue weighted by Gasteiger charge is 2.36. The van der Waals surface area contributed by atoms with Crippen molar-refractivity contribution >= 4 is 11.5 Å². The summed E-state index contributed by atoms with van der Waals surface area (Å²) in [6.45, 7) is 17.8.